The molecule has 1 saturated carbocycles. The molecule has 1 saturated heterocycles. The van der Waals surface area contributed by atoms with Gasteiger partial charge in [-0.15, -0.1) is 0 Å². The van der Waals surface area contributed by atoms with Gasteiger partial charge in [-0.25, -0.2) is 4.98 Å². The molecule has 0 radical (unpaired) electrons. The van der Waals surface area contributed by atoms with Gasteiger partial charge in [0.15, 0.2) is 0 Å². The molecule has 1 aliphatic carbocycles. The predicted octanol–water partition coefficient (Wildman–Crippen LogP) is 6.35. The van der Waals surface area contributed by atoms with Crippen LogP contribution in [0.3, 0.4) is 0 Å². The van der Waals surface area contributed by atoms with Gasteiger partial charge in [0.25, 0.3) is 0 Å². The lowest BCUT2D eigenvalue weighted by Crippen LogP contribution is -2.47. The fourth-order valence-corrected chi connectivity index (χ4v) is 4.88. The van der Waals surface area contributed by atoms with E-state index in [2.05, 4.69) is 28.2 Å². The topological polar surface area (TPSA) is 41.1 Å². The Morgan fingerprint density at radius 2 is 1.87 bits per heavy atom. The van der Waals surface area contributed by atoms with Gasteiger partial charge in [0.05, 0.1) is 5.56 Å². The van der Waals surface area contributed by atoms with E-state index in [9.17, 15) is 13.2 Å². The number of alkyl halides is 3. The van der Waals surface area contributed by atoms with Crippen molar-refractivity contribution in [3.63, 3.8) is 0 Å². The van der Waals surface area contributed by atoms with E-state index in [1.54, 1.807) is 6.07 Å². The highest BCUT2D eigenvalue weighted by atomic mass is 19.4. The van der Waals surface area contributed by atoms with Crippen molar-refractivity contribution < 1.29 is 13.2 Å². The fraction of sp³-hybridized carbons (Fsp3) is 0.565. The molecule has 4 rings (SSSR count). The summed E-state index contributed by atoms with van der Waals surface area (Å²) in [5.74, 6) is 1.99. The number of benzene rings is 1. The highest BCUT2D eigenvalue weighted by Gasteiger charge is 2.34. The Morgan fingerprint density at radius 3 is 2.67 bits per heavy atom. The first kappa shape index (κ1) is 20.9. The maximum absolute atomic E-state index is 13.1. The monoisotopic (exact) mass is 418 g/mol. The first-order valence-corrected chi connectivity index (χ1v) is 11.0. The standard InChI is InChI=1S/C23H29F3N4/c1-2-7-18-15-21(30-13-6-9-16-8-3-4-12-20(16)30)29-22(27-18)28-19-11-5-10-17(14-19)23(24,25)26/h5,10-11,14-16,20H,2-4,6-9,12-13H2,1H3,(H,27,28,29). The highest BCUT2D eigenvalue weighted by Crippen LogP contribution is 2.38. The number of aryl methyl sites for hydroxylation is 1. The van der Waals surface area contributed by atoms with E-state index in [4.69, 9.17) is 4.98 Å². The van der Waals surface area contributed by atoms with Crippen LogP contribution in [0.2, 0.25) is 0 Å². The average Bonchev–Trinajstić information content (AvgIpc) is 2.73. The van der Waals surface area contributed by atoms with Crippen molar-refractivity contribution in [1.29, 1.82) is 0 Å². The van der Waals surface area contributed by atoms with Crippen LogP contribution >= 0.6 is 0 Å². The summed E-state index contributed by atoms with van der Waals surface area (Å²) in [6, 6.07) is 7.77. The summed E-state index contributed by atoms with van der Waals surface area (Å²) in [5.41, 5.74) is 0.590. The first-order chi connectivity index (χ1) is 14.4. The lowest BCUT2D eigenvalue weighted by Gasteiger charge is -2.44. The summed E-state index contributed by atoms with van der Waals surface area (Å²) < 4.78 is 39.2. The highest BCUT2D eigenvalue weighted by molar-refractivity contribution is 5.57. The van der Waals surface area contributed by atoms with E-state index in [1.165, 1.54) is 38.2 Å². The molecule has 162 valence electrons. The molecule has 1 aromatic carbocycles. The van der Waals surface area contributed by atoms with E-state index in [1.807, 2.05) is 0 Å². The van der Waals surface area contributed by atoms with Gasteiger partial charge in [-0.2, -0.15) is 18.2 Å². The van der Waals surface area contributed by atoms with Crippen LogP contribution in [0.25, 0.3) is 0 Å². The molecule has 1 aromatic heterocycles. The van der Waals surface area contributed by atoms with Crippen LogP contribution in [0.15, 0.2) is 30.3 Å². The van der Waals surface area contributed by atoms with Crippen LogP contribution in [0.4, 0.5) is 30.6 Å². The van der Waals surface area contributed by atoms with Gasteiger partial charge < -0.3 is 10.2 Å². The second-order valence-corrected chi connectivity index (χ2v) is 8.44. The Morgan fingerprint density at radius 1 is 1.07 bits per heavy atom. The Labute approximate surface area is 175 Å². The van der Waals surface area contributed by atoms with Crippen molar-refractivity contribution in [3.05, 3.63) is 41.6 Å². The van der Waals surface area contributed by atoms with Crippen LogP contribution in [0.5, 0.6) is 0 Å². The van der Waals surface area contributed by atoms with Gasteiger partial charge in [0.2, 0.25) is 5.95 Å². The summed E-state index contributed by atoms with van der Waals surface area (Å²) in [7, 11) is 0. The summed E-state index contributed by atoms with van der Waals surface area (Å²) in [6.07, 6.45) is 4.85. The lowest BCUT2D eigenvalue weighted by molar-refractivity contribution is -0.137. The SMILES string of the molecule is CCCc1cc(N2CCCC3CCCCC32)nc(Nc2cccc(C(F)(F)F)c2)n1. The molecule has 7 heteroatoms. The Kier molecular flexibility index (Phi) is 6.16. The molecular formula is C23H29F3N4. The number of halogens is 3. The van der Waals surface area contributed by atoms with Crippen molar-refractivity contribution in [2.24, 2.45) is 5.92 Å². The quantitative estimate of drug-likeness (QED) is 0.614. The van der Waals surface area contributed by atoms with E-state index < -0.39 is 11.7 Å². The number of hydrogen-bond donors (Lipinski definition) is 1. The smallest absolute Gasteiger partial charge is 0.353 e. The molecule has 2 aromatic rings. The third-order valence-corrected chi connectivity index (χ3v) is 6.26. The third kappa shape index (κ3) is 4.71. The van der Waals surface area contributed by atoms with Gasteiger partial charge in [-0.3, -0.25) is 0 Å². The summed E-state index contributed by atoms with van der Waals surface area (Å²) in [4.78, 5) is 11.7. The van der Waals surface area contributed by atoms with Gasteiger partial charge in [-0.05, 0) is 56.2 Å². The van der Waals surface area contributed by atoms with Crippen LogP contribution in [-0.4, -0.2) is 22.6 Å². The maximum Gasteiger partial charge on any atom is 0.416 e. The van der Waals surface area contributed by atoms with Gasteiger partial charge in [-0.1, -0.05) is 32.3 Å². The first-order valence-electron chi connectivity index (χ1n) is 11.0. The number of nitrogens with one attached hydrogen (secondary N) is 1. The number of rotatable bonds is 5. The normalized spacial score (nSPS) is 21.9. The van der Waals surface area contributed by atoms with Crippen LogP contribution in [-0.2, 0) is 12.6 Å². The zero-order chi connectivity index (χ0) is 21.1. The minimum absolute atomic E-state index is 0.346. The van der Waals surface area contributed by atoms with Gasteiger partial charge in [0.1, 0.15) is 5.82 Å². The number of fused-ring (bicyclic) bond motifs is 1. The Bertz CT molecular complexity index is 866. The number of nitrogens with zero attached hydrogens (tertiary/aromatic N) is 3. The molecule has 2 aliphatic rings. The largest absolute Gasteiger partial charge is 0.416 e. The molecule has 2 atom stereocenters. The van der Waals surface area contributed by atoms with Crippen molar-refractivity contribution >= 4 is 17.5 Å². The molecule has 0 bridgehead atoms. The van der Waals surface area contributed by atoms with Crippen molar-refractivity contribution in [2.45, 2.75) is 70.5 Å². The average molecular weight is 419 g/mol. The van der Waals surface area contributed by atoms with E-state index >= 15 is 0 Å². The van der Waals surface area contributed by atoms with Crippen LogP contribution < -0.4 is 10.2 Å². The summed E-state index contributed by atoms with van der Waals surface area (Å²) in [5, 5.41) is 3.02. The number of anilines is 3. The predicted molar refractivity (Wildman–Crippen MR) is 113 cm³/mol. The number of aromatic nitrogens is 2. The molecular weight excluding hydrogens is 389 g/mol. The second kappa shape index (κ2) is 8.82. The Hall–Kier alpha value is -2.31. The zero-order valence-corrected chi connectivity index (χ0v) is 17.4. The molecule has 2 heterocycles. The van der Waals surface area contributed by atoms with Gasteiger partial charge in [0, 0.05) is 30.0 Å². The molecule has 2 unspecified atom stereocenters. The molecule has 1 N–H and O–H groups in total. The number of piperidine rings is 1. The second-order valence-electron chi connectivity index (χ2n) is 8.44. The Balaban J connectivity index is 1.63. The summed E-state index contributed by atoms with van der Waals surface area (Å²) in [6.45, 7) is 3.08. The van der Waals surface area contributed by atoms with E-state index in [0.717, 1.165) is 55.4 Å². The summed E-state index contributed by atoms with van der Waals surface area (Å²) >= 11 is 0. The van der Waals surface area contributed by atoms with Crippen LogP contribution in [0, 0.1) is 5.92 Å². The fourth-order valence-electron chi connectivity index (χ4n) is 4.88. The number of hydrogen-bond acceptors (Lipinski definition) is 4. The van der Waals surface area contributed by atoms with Crippen molar-refractivity contribution in [2.75, 3.05) is 16.8 Å². The molecule has 4 nitrogen and oxygen atoms in total. The maximum atomic E-state index is 13.1. The van der Waals surface area contributed by atoms with Crippen molar-refractivity contribution in [3.8, 4) is 0 Å². The molecule has 30 heavy (non-hydrogen) atoms. The van der Waals surface area contributed by atoms with Gasteiger partial charge >= 0.3 is 6.18 Å². The van der Waals surface area contributed by atoms with E-state index in [0.29, 0.717) is 17.7 Å². The minimum atomic E-state index is -4.38. The molecule has 1 aliphatic heterocycles. The lowest BCUT2D eigenvalue weighted by atomic mass is 9.78. The van der Waals surface area contributed by atoms with Crippen LogP contribution in [0.1, 0.15) is 63.1 Å². The molecule has 2 fully saturated rings. The third-order valence-electron chi connectivity index (χ3n) is 6.26. The van der Waals surface area contributed by atoms with Crippen molar-refractivity contribution in [1.82, 2.24) is 9.97 Å². The molecule has 0 spiro atoms. The molecule has 0 amide bonds. The zero-order valence-electron chi connectivity index (χ0n) is 17.4. The van der Waals surface area contributed by atoms with E-state index in [-0.39, 0.29) is 0 Å². The minimum Gasteiger partial charge on any atom is -0.353 e.